The summed E-state index contributed by atoms with van der Waals surface area (Å²) >= 11 is 2.15. The second-order valence-corrected chi connectivity index (χ2v) is 16.3. The predicted molar refractivity (Wildman–Crippen MR) is 216 cm³/mol. The lowest BCUT2D eigenvalue weighted by atomic mass is 9.78. The van der Waals surface area contributed by atoms with E-state index in [1.165, 1.54) is 77.8 Å². The number of benzene rings is 6. The van der Waals surface area contributed by atoms with Crippen LogP contribution in [0.15, 0.2) is 157 Å². The van der Waals surface area contributed by atoms with Crippen molar-refractivity contribution in [2.24, 2.45) is 0 Å². The third-order valence-corrected chi connectivity index (χ3v) is 13.7. The minimum absolute atomic E-state index is 0.637. The van der Waals surface area contributed by atoms with Crippen molar-refractivity contribution in [3.63, 3.8) is 0 Å². The summed E-state index contributed by atoms with van der Waals surface area (Å²) in [6, 6.07) is 57.6. The van der Waals surface area contributed by atoms with Gasteiger partial charge in [0.25, 0.3) is 0 Å². The molecule has 3 unspecified atom stereocenters. The molecular formula is C48H44N2S. The molecule has 0 aromatic heterocycles. The SMILES string of the molecule is c1ccc(N(c2ccccc2)c2cccc(-c3cccc(-c4ccc5c(c4)C4CCCC[C@H]4N5C4CC[C@@H]5Sc6ccccc6C5C4)c3)c2)cc1. The van der Waals surface area contributed by atoms with E-state index in [9.17, 15) is 0 Å². The summed E-state index contributed by atoms with van der Waals surface area (Å²) in [6.45, 7) is 0. The fraction of sp³-hybridized carbons (Fsp3) is 0.250. The van der Waals surface area contributed by atoms with E-state index in [0.29, 0.717) is 23.9 Å². The first kappa shape index (κ1) is 31.0. The average Bonchev–Trinajstić information content (AvgIpc) is 3.74. The average molecular weight is 681 g/mol. The van der Waals surface area contributed by atoms with Crippen LogP contribution in [0.3, 0.4) is 0 Å². The van der Waals surface area contributed by atoms with Crippen molar-refractivity contribution in [3.05, 3.63) is 163 Å². The molecule has 6 aromatic carbocycles. The van der Waals surface area contributed by atoms with Gasteiger partial charge in [0.1, 0.15) is 0 Å². The second kappa shape index (κ2) is 13.1. The largest absolute Gasteiger partial charge is 0.365 e. The Kier molecular flexibility index (Phi) is 7.98. The summed E-state index contributed by atoms with van der Waals surface area (Å²) < 4.78 is 0. The summed E-state index contributed by atoms with van der Waals surface area (Å²) in [5.41, 5.74) is 13.3. The summed E-state index contributed by atoms with van der Waals surface area (Å²) in [5.74, 6) is 1.35. The van der Waals surface area contributed by atoms with Crippen LogP contribution in [-0.4, -0.2) is 17.3 Å². The molecule has 4 aliphatic rings. The minimum atomic E-state index is 0.637. The molecule has 3 heteroatoms. The molecule has 0 bridgehead atoms. The lowest BCUT2D eigenvalue weighted by molar-refractivity contribution is 0.321. The number of hydrogen-bond acceptors (Lipinski definition) is 3. The van der Waals surface area contributed by atoms with Gasteiger partial charge in [-0.1, -0.05) is 104 Å². The number of anilines is 4. The van der Waals surface area contributed by atoms with E-state index in [1.807, 2.05) is 0 Å². The third kappa shape index (κ3) is 5.58. The highest BCUT2D eigenvalue weighted by Crippen LogP contribution is 2.56. The van der Waals surface area contributed by atoms with E-state index in [-0.39, 0.29) is 0 Å². The Morgan fingerprint density at radius 1 is 0.490 bits per heavy atom. The van der Waals surface area contributed by atoms with Crippen molar-refractivity contribution in [1.29, 1.82) is 0 Å². The van der Waals surface area contributed by atoms with Crippen molar-refractivity contribution in [1.82, 2.24) is 0 Å². The van der Waals surface area contributed by atoms with Gasteiger partial charge in [0, 0.05) is 50.9 Å². The summed E-state index contributed by atoms with van der Waals surface area (Å²) in [6.07, 6.45) is 9.32. The van der Waals surface area contributed by atoms with Gasteiger partial charge in [-0.15, -0.1) is 11.8 Å². The number of fused-ring (bicyclic) bond motifs is 6. The Hall–Kier alpha value is -4.73. The smallest absolute Gasteiger partial charge is 0.0467 e. The summed E-state index contributed by atoms with van der Waals surface area (Å²) in [7, 11) is 0. The lowest BCUT2D eigenvalue weighted by Crippen LogP contribution is -2.46. The van der Waals surface area contributed by atoms with Crippen molar-refractivity contribution in [2.75, 3.05) is 9.80 Å². The fourth-order valence-electron chi connectivity index (χ4n) is 9.92. The highest BCUT2D eigenvalue weighted by molar-refractivity contribution is 8.00. The van der Waals surface area contributed by atoms with Gasteiger partial charge < -0.3 is 9.80 Å². The van der Waals surface area contributed by atoms with E-state index in [4.69, 9.17) is 0 Å². The van der Waals surface area contributed by atoms with E-state index in [0.717, 1.165) is 22.3 Å². The highest BCUT2D eigenvalue weighted by atomic mass is 32.2. The van der Waals surface area contributed by atoms with Crippen LogP contribution in [0, 0.1) is 0 Å². The zero-order valence-corrected chi connectivity index (χ0v) is 29.9. The van der Waals surface area contributed by atoms with Crippen molar-refractivity contribution >= 4 is 34.5 Å². The molecule has 2 aliphatic heterocycles. The Morgan fingerprint density at radius 3 is 1.92 bits per heavy atom. The minimum Gasteiger partial charge on any atom is -0.365 e. The summed E-state index contributed by atoms with van der Waals surface area (Å²) in [5, 5.41) is 0.762. The van der Waals surface area contributed by atoms with E-state index < -0.39 is 0 Å². The Labute approximate surface area is 307 Å². The number of nitrogens with zero attached hydrogens (tertiary/aromatic N) is 2. The molecular weight excluding hydrogens is 637 g/mol. The van der Waals surface area contributed by atoms with Crippen molar-refractivity contribution < 1.29 is 0 Å². The van der Waals surface area contributed by atoms with E-state index >= 15 is 0 Å². The molecule has 2 fully saturated rings. The van der Waals surface area contributed by atoms with Crippen molar-refractivity contribution in [2.45, 2.75) is 79.0 Å². The van der Waals surface area contributed by atoms with Crippen molar-refractivity contribution in [3.8, 4) is 22.3 Å². The molecule has 0 saturated heterocycles. The molecule has 5 atom stereocenters. The highest BCUT2D eigenvalue weighted by Gasteiger charge is 2.46. The van der Waals surface area contributed by atoms with Gasteiger partial charge in [-0.2, -0.15) is 0 Å². The van der Waals surface area contributed by atoms with Gasteiger partial charge in [0.05, 0.1) is 0 Å². The topological polar surface area (TPSA) is 6.48 Å². The maximum Gasteiger partial charge on any atom is 0.0467 e. The van der Waals surface area contributed by atoms with Gasteiger partial charge in [-0.3, -0.25) is 0 Å². The normalized spacial score (nSPS) is 23.2. The molecule has 0 amide bonds. The number of thioether (sulfide) groups is 1. The molecule has 252 valence electrons. The van der Waals surface area contributed by atoms with E-state index in [1.54, 1.807) is 11.1 Å². The quantitative estimate of drug-likeness (QED) is 0.173. The van der Waals surface area contributed by atoms with Crippen LogP contribution in [0.25, 0.3) is 22.3 Å². The molecule has 2 nitrogen and oxygen atoms in total. The van der Waals surface area contributed by atoms with Crippen LogP contribution in [0.2, 0.25) is 0 Å². The molecule has 2 heterocycles. The van der Waals surface area contributed by atoms with Gasteiger partial charge in [0.2, 0.25) is 0 Å². The molecule has 51 heavy (non-hydrogen) atoms. The standard InChI is InChI=1S/C48H44N2S/c1-3-16-37(17-4-1)49(38-18-5-2-6-19-38)39-20-12-15-35(30-39)33-13-11-14-34(29-33)36-25-27-46-43(31-36)41-21-7-9-23-45(41)50(46)40-26-28-48-44(32-40)42-22-8-10-24-47(42)51-48/h1-6,8,10-20,22,24-25,27,29-31,40-41,44-45,48H,7,9,21,23,26,28,32H2/t40?,41?,44?,45-,48+/m1/s1. The Balaban J connectivity index is 0.969. The van der Waals surface area contributed by atoms with Gasteiger partial charge in [-0.25, -0.2) is 0 Å². The first-order valence-corrected chi connectivity index (χ1v) is 20.0. The fourth-order valence-corrected chi connectivity index (χ4v) is 11.4. The molecule has 0 N–H and O–H groups in total. The van der Waals surface area contributed by atoms with Crippen LogP contribution in [-0.2, 0) is 0 Å². The second-order valence-electron chi connectivity index (χ2n) is 15.0. The first-order valence-electron chi connectivity index (χ1n) is 19.1. The molecule has 2 aliphatic carbocycles. The van der Waals surface area contributed by atoms with Gasteiger partial charge in [0.15, 0.2) is 0 Å². The number of para-hydroxylation sites is 2. The van der Waals surface area contributed by atoms with Crippen LogP contribution < -0.4 is 9.80 Å². The molecule has 6 aromatic rings. The molecule has 10 rings (SSSR count). The monoisotopic (exact) mass is 680 g/mol. The number of hydrogen-bond donors (Lipinski definition) is 0. The molecule has 2 saturated carbocycles. The number of rotatable bonds is 6. The van der Waals surface area contributed by atoms with Crippen LogP contribution in [0.5, 0.6) is 0 Å². The zero-order valence-electron chi connectivity index (χ0n) is 29.1. The first-order chi connectivity index (χ1) is 25.3. The predicted octanol–water partition coefficient (Wildman–Crippen LogP) is 13.1. The Bertz CT molecular complexity index is 2140. The lowest BCUT2D eigenvalue weighted by Gasteiger charge is -2.43. The van der Waals surface area contributed by atoms with Gasteiger partial charge >= 0.3 is 0 Å². The summed E-state index contributed by atoms with van der Waals surface area (Å²) in [4.78, 5) is 6.82. The van der Waals surface area contributed by atoms with Crippen LogP contribution >= 0.6 is 11.8 Å². The van der Waals surface area contributed by atoms with E-state index in [2.05, 4.69) is 173 Å². The molecule has 0 spiro atoms. The molecule has 0 radical (unpaired) electrons. The van der Waals surface area contributed by atoms with Gasteiger partial charge in [-0.05, 0) is 132 Å². The Morgan fingerprint density at radius 2 is 1.14 bits per heavy atom. The van der Waals surface area contributed by atoms with Crippen LogP contribution in [0.1, 0.15) is 67.9 Å². The maximum absolute atomic E-state index is 2.94. The maximum atomic E-state index is 2.94. The van der Waals surface area contributed by atoms with Crippen LogP contribution in [0.4, 0.5) is 22.7 Å². The third-order valence-electron chi connectivity index (χ3n) is 12.2. The zero-order chi connectivity index (χ0) is 33.7.